The molecule has 0 unspecified atom stereocenters. The third-order valence-electron chi connectivity index (χ3n) is 4.72. The number of hydrogen-bond donors (Lipinski definition) is 3. The quantitative estimate of drug-likeness (QED) is 0.437. The highest BCUT2D eigenvalue weighted by Gasteiger charge is 2.15. The molecule has 1 aromatic heterocycles. The van der Waals surface area contributed by atoms with Gasteiger partial charge in [-0.1, -0.05) is 36.4 Å². The molecule has 3 aromatic rings. The molecule has 32 heavy (non-hydrogen) atoms. The summed E-state index contributed by atoms with van der Waals surface area (Å²) in [5, 5.41) is 9.84. The molecule has 0 aliphatic carbocycles. The van der Waals surface area contributed by atoms with Gasteiger partial charge in [0.25, 0.3) is 0 Å². The first-order valence-corrected chi connectivity index (χ1v) is 12.1. The zero-order chi connectivity index (χ0) is 23.0. The minimum atomic E-state index is -3.44. The van der Waals surface area contributed by atoms with Crippen LogP contribution in [0.1, 0.15) is 30.5 Å². The largest absolute Gasteiger partial charge is 0.338 e. The number of sulfonamides is 1. The second-order valence-corrected chi connectivity index (χ2v) is 9.53. The normalized spacial score (nSPS) is 11.5. The van der Waals surface area contributed by atoms with Crippen molar-refractivity contribution in [2.45, 2.75) is 38.6 Å². The summed E-state index contributed by atoms with van der Waals surface area (Å²) in [6.45, 7) is 4.30. The first-order chi connectivity index (χ1) is 15.3. The zero-order valence-corrected chi connectivity index (χ0v) is 19.1. The van der Waals surface area contributed by atoms with E-state index in [9.17, 15) is 13.2 Å². The lowest BCUT2D eigenvalue weighted by atomic mass is 10.1. The van der Waals surface area contributed by atoms with E-state index in [1.54, 1.807) is 36.9 Å². The van der Waals surface area contributed by atoms with Crippen molar-refractivity contribution in [1.29, 1.82) is 0 Å². The number of carbonyl (C=O) groups is 1. The summed E-state index contributed by atoms with van der Waals surface area (Å²) in [5.41, 5.74) is 3.52. The van der Waals surface area contributed by atoms with Crippen molar-refractivity contribution < 1.29 is 13.2 Å². The molecule has 0 aliphatic rings. The fourth-order valence-corrected chi connectivity index (χ4v) is 4.76. The summed E-state index contributed by atoms with van der Waals surface area (Å²) in [6.07, 6.45) is 4.31. The second-order valence-electron chi connectivity index (χ2n) is 7.78. The van der Waals surface area contributed by atoms with E-state index in [4.69, 9.17) is 0 Å². The molecule has 3 N–H and O–H groups in total. The van der Waals surface area contributed by atoms with Crippen molar-refractivity contribution in [3.63, 3.8) is 0 Å². The average molecular weight is 456 g/mol. The summed E-state index contributed by atoms with van der Waals surface area (Å²) in [6, 6.07) is 16.6. The minimum absolute atomic E-state index is 0.126. The SMILES string of the molecule is CC(C)NS(=O)(=O)Cc1ccccc1CNC(=O)NCCc1ccc(-n2cccn2)cc1. The van der Waals surface area contributed by atoms with Gasteiger partial charge in [0.05, 0.1) is 11.4 Å². The molecule has 9 heteroatoms. The van der Waals surface area contributed by atoms with Gasteiger partial charge in [0.1, 0.15) is 0 Å². The molecule has 2 amide bonds. The molecule has 0 spiro atoms. The highest BCUT2D eigenvalue weighted by atomic mass is 32.2. The van der Waals surface area contributed by atoms with Crippen molar-refractivity contribution >= 4 is 16.1 Å². The summed E-state index contributed by atoms with van der Waals surface area (Å²) < 4.78 is 28.9. The maximum Gasteiger partial charge on any atom is 0.315 e. The topological polar surface area (TPSA) is 105 Å². The lowest BCUT2D eigenvalue weighted by molar-refractivity contribution is 0.240. The Morgan fingerprint density at radius 3 is 2.38 bits per heavy atom. The number of urea groups is 1. The predicted molar refractivity (Wildman–Crippen MR) is 125 cm³/mol. The number of hydrogen-bond acceptors (Lipinski definition) is 4. The van der Waals surface area contributed by atoms with Crippen molar-refractivity contribution in [2.24, 2.45) is 0 Å². The molecule has 170 valence electrons. The maximum absolute atomic E-state index is 12.2. The monoisotopic (exact) mass is 455 g/mol. The van der Waals surface area contributed by atoms with Crippen LogP contribution in [0.25, 0.3) is 5.69 Å². The second kappa shape index (κ2) is 10.9. The molecule has 0 atom stereocenters. The number of nitrogens with zero attached hydrogens (tertiary/aromatic N) is 2. The van der Waals surface area contributed by atoms with E-state index in [0.29, 0.717) is 18.5 Å². The lowest BCUT2D eigenvalue weighted by Crippen LogP contribution is -2.36. The maximum atomic E-state index is 12.2. The van der Waals surface area contributed by atoms with Gasteiger partial charge in [0.15, 0.2) is 0 Å². The first-order valence-electron chi connectivity index (χ1n) is 10.5. The minimum Gasteiger partial charge on any atom is -0.338 e. The van der Waals surface area contributed by atoms with Gasteiger partial charge in [-0.05, 0) is 55.2 Å². The van der Waals surface area contributed by atoms with Crippen LogP contribution < -0.4 is 15.4 Å². The molecule has 8 nitrogen and oxygen atoms in total. The zero-order valence-electron chi connectivity index (χ0n) is 18.3. The fraction of sp³-hybridized carbons (Fsp3) is 0.304. The molecule has 3 rings (SSSR count). The van der Waals surface area contributed by atoms with Crippen LogP contribution in [0.2, 0.25) is 0 Å². The van der Waals surface area contributed by atoms with Crippen molar-refractivity contribution in [3.8, 4) is 5.69 Å². The van der Waals surface area contributed by atoms with Gasteiger partial charge in [-0.2, -0.15) is 5.10 Å². The molecule has 0 saturated heterocycles. The van der Waals surface area contributed by atoms with Crippen molar-refractivity contribution in [3.05, 3.63) is 83.7 Å². The van der Waals surface area contributed by atoms with Gasteiger partial charge in [-0.15, -0.1) is 0 Å². The summed E-state index contributed by atoms with van der Waals surface area (Å²) in [7, 11) is -3.44. The van der Waals surface area contributed by atoms with Crippen LogP contribution in [0.3, 0.4) is 0 Å². The Labute approximate surface area is 189 Å². The average Bonchev–Trinajstić information content (AvgIpc) is 3.27. The van der Waals surface area contributed by atoms with Gasteiger partial charge < -0.3 is 10.6 Å². The van der Waals surface area contributed by atoms with Crippen molar-refractivity contribution in [1.82, 2.24) is 25.1 Å². The number of benzene rings is 2. The van der Waals surface area contributed by atoms with Crippen LogP contribution in [0, 0.1) is 0 Å². The van der Waals surface area contributed by atoms with E-state index in [0.717, 1.165) is 16.8 Å². The van der Waals surface area contributed by atoms with Gasteiger partial charge in [0.2, 0.25) is 10.0 Å². The Bertz CT molecular complexity index is 1110. The molecule has 0 saturated carbocycles. The van der Waals surface area contributed by atoms with Crippen LogP contribution in [-0.2, 0) is 28.7 Å². The lowest BCUT2D eigenvalue weighted by Gasteiger charge is -2.13. The van der Waals surface area contributed by atoms with Crippen LogP contribution in [0.4, 0.5) is 4.79 Å². The Hall–Kier alpha value is -3.17. The van der Waals surface area contributed by atoms with Crippen LogP contribution in [0.15, 0.2) is 67.0 Å². The van der Waals surface area contributed by atoms with E-state index in [2.05, 4.69) is 20.5 Å². The third kappa shape index (κ3) is 7.21. The van der Waals surface area contributed by atoms with Crippen LogP contribution in [0.5, 0.6) is 0 Å². The van der Waals surface area contributed by atoms with Gasteiger partial charge >= 0.3 is 6.03 Å². The highest BCUT2D eigenvalue weighted by Crippen LogP contribution is 2.13. The summed E-state index contributed by atoms with van der Waals surface area (Å²) in [5.74, 6) is -0.126. The molecule has 2 aromatic carbocycles. The van der Waals surface area contributed by atoms with E-state index >= 15 is 0 Å². The third-order valence-corrected chi connectivity index (χ3v) is 6.24. The summed E-state index contributed by atoms with van der Waals surface area (Å²) in [4.78, 5) is 12.2. The molecular formula is C23H29N5O3S. The van der Waals surface area contributed by atoms with Crippen LogP contribution in [-0.4, -0.2) is 36.8 Å². The Balaban J connectivity index is 1.46. The predicted octanol–water partition coefficient (Wildman–Crippen LogP) is 2.74. The Morgan fingerprint density at radius 1 is 1.00 bits per heavy atom. The number of aromatic nitrogens is 2. The molecule has 0 radical (unpaired) electrons. The van der Waals surface area contributed by atoms with Crippen LogP contribution >= 0.6 is 0 Å². The standard InChI is InChI=1S/C23H29N5O3S/c1-18(2)27-32(30,31)17-21-7-4-3-6-20(21)16-25-23(29)24-14-12-19-8-10-22(11-9-19)28-15-5-13-26-28/h3-11,13,15,18,27H,12,14,16-17H2,1-2H3,(H2,24,25,29). The molecule has 1 heterocycles. The highest BCUT2D eigenvalue weighted by molar-refractivity contribution is 7.88. The fourth-order valence-electron chi connectivity index (χ4n) is 3.27. The number of amides is 2. The molecule has 0 bridgehead atoms. The number of nitrogens with one attached hydrogen (secondary N) is 3. The Morgan fingerprint density at radius 2 is 1.72 bits per heavy atom. The molecular weight excluding hydrogens is 426 g/mol. The first kappa shape index (κ1) is 23.5. The Kier molecular flexibility index (Phi) is 8.02. The van der Waals surface area contributed by atoms with E-state index in [-0.39, 0.29) is 24.4 Å². The van der Waals surface area contributed by atoms with Crippen molar-refractivity contribution in [2.75, 3.05) is 6.54 Å². The van der Waals surface area contributed by atoms with E-state index < -0.39 is 10.0 Å². The smallest absolute Gasteiger partial charge is 0.315 e. The van der Waals surface area contributed by atoms with E-state index in [1.165, 1.54) is 0 Å². The molecule has 0 aliphatic heterocycles. The van der Waals surface area contributed by atoms with Gasteiger partial charge in [-0.3, -0.25) is 0 Å². The number of carbonyl (C=O) groups excluding carboxylic acids is 1. The van der Waals surface area contributed by atoms with Gasteiger partial charge in [-0.25, -0.2) is 22.6 Å². The van der Waals surface area contributed by atoms with E-state index in [1.807, 2.05) is 48.7 Å². The van der Waals surface area contributed by atoms with Gasteiger partial charge in [0, 0.05) is 31.5 Å². The molecule has 0 fully saturated rings. The summed E-state index contributed by atoms with van der Waals surface area (Å²) >= 11 is 0. The number of rotatable bonds is 10.